The second-order valence-electron chi connectivity index (χ2n) is 22.2. The predicted molar refractivity (Wildman–Crippen MR) is 331 cm³/mol. The summed E-state index contributed by atoms with van der Waals surface area (Å²) in [5.74, 6) is 6.05. The molecule has 27 nitrogen and oxygen atoms in total. The highest BCUT2D eigenvalue weighted by Crippen LogP contribution is 2.66. The maximum atomic E-state index is 13.5. The number of phosphoric ester groups is 1. The van der Waals surface area contributed by atoms with Crippen molar-refractivity contribution in [3.8, 4) is 17.6 Å². The lowest BCUT2D eigenvalue weighted by Gasteiger charge is -2.43. The van der Waals surface area contributed by atoms with Crippen molar-refractivity contribution in [2.45, 2.75) is 101 Å². The average Bonchev–Trinajstić information content (AvgIpc) is 1.50. The van der Waals surface area contributed by atoms with E-state index < -0.39 is 85.8 Å². The number of benzene rings is 3. The number of nitrogen functional groups attached to an aromatic ring is 1. The molecule has 6 heterocycles. The van der Waals surface area contributed by atoms with Crippen molar-refractivity contribution in [3.05, 3.63) is 144 Å². The number of hydrogen-bond acceptors (Lipinski definition) is 19. The largest absolute Gasteiger partial charge is 0.748 e. The molecule has 0 radical (unpaired) electrons. The monoisotopic (exact) mass is 1340 g/mol. The molecule has 0 saturated carbocycles. The third-order valence-electron chi connectivity index (χ3n) is 15.5. The summed E-state index contributed by atoms with van der Waals surface area (Å²) in [5.41, 5.74) is 12.9. The highest BCUT2D eigenvalue weighted by molar-refractivity contribution is 7.86. The molecule has 0 spiro atoms. The van der Waals surface area contributed by atoms with E-state index in [0.717, 1.165) is 46.4 Å². The minimum atomic E-state index is -5.81. The molecule has 4 aliphatic heterocycles. The number of anilines is 2. The van der Waals surface area contributed by atoms with Gasteiger partial charge in [-0.3, -0.25) is 13.9 Å². The van der Waals surface area contributed by atoms with Crippen molar-refractivity contribution in [1.82, 2.24) is 19.9 Å². The van der Waals surface area contributed by atoms with Crippen LogP contribution >= 0.6 is 23.5 Å². The SMILES string of the molecule is CCN1c2cc3c(cc2C(C)=CC1(C)C)C(=CC=CC=CC1=[N+](CCCS(=O)(=O)[O-])c2ccc(S(=O)(=O)O)cc2C1(C)CCCC(=O)NCC#Cc1cn([C@H]2C[C@H](O)[C@@H](COP(=O)(O)OP(=O)(O)OP(=O)(O)O)O2)c2ncnc(N)c12)C=C(c1ccccc1)O3. The molecule has 0 bridgehead atoms. The number of carbonyl (C=O) groups is 1. The molecule has 1 fully saturated rings. The molecule has 90 heavy (non-hydrogen) atoms. The zero-order chi connectivity index (χ0) is 65.4. The van der Waals surface area contributed by atoms with Gasteiger partial charge in [-0.25, -0.2) is 32.1 Å². The van der Waals surface area contributed by atoms with Crippen LogP contribution in [-0.4, -0.2) is 131 Å². The van der Waals surface area contributed by atoms with Crippen LogP contribution < -0.4 is 20.7 Å². The molecule has 480 valence electrons. The number of aromatic nitrogens is 3. The van der Waals surface area contributed by atoms with Crippen LogP contribution in [0.2, 0.25) is 0 Å². The first-order chi connectivity index (χ1) is 42.2. The Morgan fingerprint density at radius 3 is 2.42 bits per heavy atom. The fourth-order valence-electron chi connectivity index (χ4n) is 11.6. The normalized spacial score (nSPS) is 21.7. The summed E-state index contributed by atoms with van der Waals surface area (Å²) in [4.78, 5) is 60.9. The second kappa shape index (κ2) is 26.4. The molecular weight excluding hydrogens is 1270 g/mol. The molecule has 0 aliphatic carbocycles. The first-order valence-corrected chi connectivity index (χ1v) is 35.5. The maximum Gasteiger partial charge on any atom is 0.490 e. The van der Waals surface area contributed by atoms with Crippen molar-refractivity contribution in [1.29, 1.82) is 0 Å². The van der Waals surface area contributed by atoms with Crippen molar-refractivity contribution in [2.24, 2.45) is 0 Å². The summed E-state index contributed by atoms with van der Waals surface area (Å²) in [6.07, 6.45) is 12.5. The zero-order valence-electron chi connectivity index (χ0n) is 49.1. The number of fused-ring (bicyclic) bond motifs is 4. The van der Waals surface area contributed by atoms with E-state index in [-0.39, 0.29) is 78.0 Å². The molecule has 9 N–H and O–H groups in total. The second-order valence-corrected chi connectivity index (χ2v) is 29.6. The Hall–Kier alpha value is -6.77. The van der Waals surface area contributed by atoms with Crippen LogP contribution in [0.15, 0.2) is 121 Å². The molecule has 32 heteroatoms. The molecule has 9 rings (SSSR count). The Labute approximate surface area is 518 Å². The molecule has 1 saturated heterocycles. The van der Waals surface area contributed by atoms with Gasteiger partial charge >= 0.3 is 23.5 Å². The number of carbonyl (C=O) groups excluding carboxylic acids is 1. The van der Waals surface area contributed by atoms with Crippen LogP contribution in [0.25, 0.3) is 27.9 Å². The highest BCUT2D eigenvalue weighted by atomic mass is 32.2. The molecule has 6 atom stereocenters. The van der Waals surface area contributed by atoms with Gasteiger partial charge in [-0.05, 0) is 82.9 Å². The fourth-order valence-corrected chi connectivity index (χ4v) is 15.6. The highest BCUT2D eigenvalue weighted by Gasteiger charge is 2.48. The molecule has 3 aromatic carbocycles. The van der Waals surface area contributed by atoms with Gasteiger partial charge in [0.2, 0.25) is 11.6 Å². The lowest BCUT2D eigenvalue weighted by Crippen LogP contribution is -2.44. The zero-order valence-corrected chi connectivity index (χ0v) is 53.5. The summed E-state index contributed by atoms with van der Waals surface area (Å²) >= 11 is 0. The van der Waals surface area contributed by atoms with Crippen molar-refractivity contribution in [3.63, 3.8) is 0 Å². The Morgan fingerprint density at radius 2 is 1.72 bits per heavy atom. The number of amides is 1. The molecule has 2 aromatic heterocycles. The van der Waals surface area contributed by atoms with Crippen LogP contribution in [0.4, 0.5) is 17.2 Å². The van der Waals surface area contributed by atoms with Gasteiger partial charge in [-0.2, -0.15) is 21.6 Å². The molecular formula is C58H66N7O20P3S2. The molecule has 1 amide bonds. The fraction of sp³-hybridized carbons (Fsp3) is 0.345. The topological polar surface area (TPSA) is 402 Å². The van der Waals surface area contributed by atoms with Crippen LogP contribution in [0.5, 0.6) is 5.75 Å². The average molecular weight is 1340 g/mol. The minimum absolute atomic E-state index is 0.00376. The quantitative estimate of drug-likeness (QED) is 0.0103. The summed E-state index contributed by atoms with van der Waals surface area (Å²) in [7, 11) is -26.3. The summed E-state index contributed by atoms with van der Waals surface area (Å²) < 4.78 is 134. The lowest BCUT2D eigenvalue weighted by atomic mass is 9.75. The standard InChI is InChI=1S/C58H66N7O20P3S2/c1-6-65-46-31-49-43(30-42(46)37(2)33-57(65,3)4)39(28-48(82-49)38-16-9-7-10-17-38)18-11-8-12-20-51-58(5,44-29-41(90(78,79)80)22-23-45(44)63(51)26-15-27-89(75,76)77)24-13-21-52(67)60-25-14-19-40-34-64(56-54(40)55(59)61-36-62-56)53-32-47(66)50(83-53)35-81-87(71,72)85-88(73,74)84-86(68,69)70/h7-12,16-18,20,22-23,28-31,33-34,36,47,50,53,66H,6,13,15,21,24-27,32,35H2,1-5H3,(H8-,59,60,61,62,67,68,69,70,71,72,73,74,75,76,77,78,79,80)/t47-,50+,53+,58?/m0/s1. The van der Waals surface area contributed by atoms with Gasteiger partial charge in [0.1, 0.15) is 48.2 Å². The first-order valence-electron chi connectivity index (χ1n) is 28.0. The summed E-state index contributed by atoms with van der Waals surface area (Å²) in [6.45, 7) is 10.1. The van der Waals surface area contributed by atoms with Gasteiger partial charge < -0.3 is 59.2 Å². The van der Waals surface area contributed by atoms with Gasteiger partial charge in [-0.15, -0.1) is 0 Å². The van der Waals surface area contributed by atoms with E-state index >= 15 is 0 Å². The van der Waals surface area contributed by atoms with Crippen LogP contribution in [-0.2, 0) is 62.0 Å². The van der Waals surface area contributed by atoms with E-state index in [2.05, 4.69) is 91.1 Å². The Kier molecular flexibility index (Phi) is 19.9. The number of phosphoric acid groups is 3. The number of nitrogens with zero attached hydrogens (tertiary/aromatic N) is 5. The molecule has 3 unspecified atom stereocenters. The van der Waals surface area contributed by atoms with E-state index in [9.17, 15) is 59.3 Å². The van der Waals surface area contributed by atoms with Crippen LogP contribution in [0.3, 0.4) is 0 Å². The predicted octanol–water partition coefficient (Wildman–Crippen LogP) is 7.53. The van der Waals surface area contributed by atoms with Gasteiger partial charge in [0, 0.05) is 83.9 Å². The minimum Gasteiger partial charge on any atom is -0.748 e. The van der Waals surface area contributed by atoms with E-state index in [0.29, 0.717) is 28.5 Å². The number of ether oxygens (including phenoxy) is 2. The van der Waals surface area contributed by atoms with E-state index in [1.165, 1.54) is 29.0 Å². The van der Waals surface area contributed by atoms with Crippen LogP contribution in [0.1, 0.15) is 101 Å². The summed E-state index contributed by atoms with van der Waals surface area (Å²) in [5, 5.41) is 13.8. The molecule has 5 aromatic rings. The Balaban J connectivity index is 0.931. The third-order valence-corrected chi connectivity index (χ3v) is 20.9. The Bertz CT molecular complexity index is 4320. The van der Waals surface area contributed by atoms with Gasteiger partial charge in [0.15, 0.2) is 5.71 Å². The van der Waals surface area contributed by atoms with Gasteiger partial charge in [-0.1, -0.05) is 72.6 Å². The van der Waals surface area contributed by atoms with Crippen molar-refractivity contribution >= 4 is 100 Å². The number of nitrogens with two attached hydrogens (primary N) is 1. The van der Waals surface area contributed by atoms with E-state index in [1.807, 2.05) is 72.2 Å². The summed E-state index contributed by atoms with van der Waals surface area (Å²) in [6, 6.07) is 18.1. The number of allylic oxidation sites excluding steroid dienone is 8. The van der Waals surface area contributed by atoms with E-state index in [1.54, 1.807) is 6.08 Å². The van der Waals surface area contributed by atoms with Gasteiger partial charge in [0.25, 0.3) is 10.1 Å². The first kappa shape index (κ1) is 67.6. The third kappa shape index (κ3) is 15.7. The number of hydrogen-bond donors (Lipinski definition) is 8. The molecule has 4 aliphatic rings. The Morgan fingerprint density at radius 1 is 0.978 bits per heavy atom. The maximum absolute atomic E-state index is 13.5. The number of likely N-dealkylation sites (N-methyl/N-ethyl adjacent to an activating group) is 1. The number of rotatable bonds is 23. The number of nitrogens with one attached hydrogen (secondary N) is 1. The smallest absolute Gasteiger partial charge is 0.490 e. The number of aliphatic hydroxyl groups is 1. The van der Waals surface area contributed by atoms with Crippen molar-refractivity contribution in [2.75, 3.05) is 42.6 Å². The van der Waals surface area contributed by atoms with Crippen molar-refractivity contribution < 1.29 is 96.3 Å². The van der Waals surface area contributed by atoms with Crippen LogP contribution in [0, 0.1) is 11.8 Å². The van der Waals surface area contributed by atoms with E-state index in [4.69, 9.17) is 25.0 Å². The number of aliphatic hydroxyl groups excluding tert-OH is 1. The van der Waals surface area contributed by atoms with Gasteiger partial charge in [0.05, 0.1) is 56.2 Å². The lowest BCUT2D eigenvalue weighted by molar-refractivity contribution is -0.437.